The first kappa shape index (κ1) is 9.47. The van der Waals surface area contributed by atoms with Crippen LogP contribution in [0.15, 0.2) is 0 Å². The fourth-order valence-electron chi connectivity index (χ4n) is 3.18. The van der Waals surface area contributed by atoms with E-state index in [1.807, 2.05) is 0 Å². The van der Waals surface area contributed by atoms with E-state index in [-0.39, 0.29) is 17.6 Å². The van der Waals surface area contributed by atoms with Gasteiger partial charge in [0.05, 0.1) is 12.2 Å². The molecule has 2 nitrogen and oxygen atoms in total. The van der Waals surface area contributed by atoms with Gasteiger partial charge in [-0.2, -0.15) is 0 Å². The summed E-state index contributed by atoms with van der Waals surface area (Å²) in [7, 11) is 0. The number of hydrogen-bond donors (Lipinski definition) is 2. The lowest BCUT2D eigenvalue weighted by Gasteiger charge is -2.36. The van der Waals surface area contributed by atoms with Crippen molar-refractivity contribution in [2.24, 2.45) is 5.41 Å². The number of hydrogen-bond acceptors (Lipinski definition) is 2. The largest absolute Gasteiger partial charge is 0.392 e. The van der Waals surface area contributed by atoms with Crippen molar-refractivity contribution in [2.75, 3.05) is 0 Å². The van der Waals surface area contributed by atoms with Crippen LogP contribution in [0.5, 0.6) is 0 Å². The van der Waals surface area contributed by atoms with Gasteiger partial charge in [-0.1, -0.05) is 25.7 Å². The highest BCUT2D eigenvalue weighted by Gasteiger charge is 2.47. The summed E-state index contributed by atoms with van der Waals surface area (Å²) >= 11 is 0. The SMILES string of the molecule is OC1CCCCC[C@]12CCC[C@@H]2O. The van der Waals surface area contributed by atoms with E-state index in [1.54, 1.807) is 0 Å². The summed E-state index contributed by atoms with van der Waals surface area (Å²) in [5.74, 6) is 0. The van der Waals surface area contributed by atoms with Crippen molar-refractivity contribution in [3.8, 4) is 0 Å². The van der Waals surface area contributed by atoms with E-state index in [1.165, 1.54) is 12.8 Å². The minimum Gasteiger partial charge on any atom is -0.392 e. The number of aliphatic hydroxyl groups excluding tert-OH is 2. The molecule has 0 saturated heterocycles. The summed E-state index contributed by atoms with van der Waals surface area (Å²) in [5, 5.41) is 20.0. The lowest BCUT2D eigenvalue weighted by atomic mass is 9.75. The van der Waals surface area contributed by atoms with Gasteiger partial charge < -0.3 is 10.2 Å². The van der Waals surface area contributed by atoms with Crippen LogP contribution in [-0.4, -0.2) is 22.4 Å². The average Bonchev–Trinajstić information content (AvgIpc) is 2.36. The fourth-order valence-corrected chi connectivity index (χ4v) is 3.18. The molecule has 0 heterocycles. The summed E-state index contributed by atoms with van der Waals surface area (Å²) in [6, 6.07) is 0. The predicted molar refractivity (Wildman–Crippen MR) is 51.4 cm³/mol. The molecule has 3 atom stereocenters. The Hall–Kier alpha value is -0.0800. The van der Waals surface area contributed by atoms with Crippen molar-refractivity contribution in [3.63, 3.8) is 0 Å². The van der Waals surface area contributed by atoms with Gasteiger partial charge in [-0.05, 0) is 25.7 Å². The topological polar surface area (TPSA) is 40.5 Å². The third-order valence-electron chi connectivity index (χ3n) is 4.07. The average molecular weight is 184 g/mol. The van der Waals surface area contributed by atoms with Crippen molar-refractivity contribution in [1.29, 1.82) is 0 Å². The Balaban J connectivity index is 2.16. The van der Waals surface area contributed by atoms with Gasteiger partial charge in [0.2, 0.25) is 0 Å². The van der Waals surface area contributed by atoms with Crippen LogP contribution < -0.4 is 0 Å². The van der Waals surface area contributed by atoms with Crippen molar-refractivity contribution in [1.82, 2.24) is 0 Å². The van der Waals surface area contributed by atoms with Gasteiger partial charge in [0.25, 0.3) is 0 Å². The van der Waals surface area contributed by atoms with E-state index in [0.717, 1.165) is 38.5 Å². The lowest BCUT2D eigenvalue weighted by molar-refractivity contribution is -0.0552. The molecule has 0 amide bonds. The van der Waals surface area contributed by atoms with E-state index in [2.05, 4.69) is 0 Å². The molecule has 13 heavy (non-hydrogen) atoms. The van der Waals surface area contributed by atoms with Crippen LogP contribution in [0.25, 0.3) is 0 Å². The molecular formula is C11H20O2. The van der Waals surface area contributed by atoms with Gasteiger partial charge in [-0.25, -0.2) is 0 Å². The van der Waals surface area contributed by atoms with Crippen molar-refractivity contribution >= 4 is 0 Å². The minimum atomic E-state index is -0.243. The Bertz CT molecular complexity index is 181. The molecule has 2 aliphatic carbocycles. The summed E-state index contributed by atoms with van der Waals surface area (Å²) < 4.78 is 0. The zero-order valence-corrected chi connectivity index (χ0v) is 8.21. The first-order valence-corrected chi connectivity index (χ1v) is 5.62. The van der Waals surface area contributed by atoms with Crippen LogP contribution in [-0.2, 0) is 0 Å². The Morgan fingerprint density at radius 1 is 0.769 bits per heavy atom. The quantitative estimate of drug-likeness (QED) is 0.603. The highest BCUT2D eigenvalue weighted by atomic mass is 16.3. The second-order valence-corrected chi connectivity index (χ2v) is 4.76. The molecule has 2 heteroatoms. The van der Waals surface area contributed by atoms with Gasteiger partial charge in [0.1, 0.15) is 0 Å². The molecule has 76 valence electrons. The van der Waals surface area contributed by atoms with Crippen LogP contribution in [0.2, 0.25) is 0 Å². The van der Waals surface area contributed by atoms with Crippen LogP contribution in [0.1, 0.15) is 51.4 Å². The predicted octanol–water partition coefficient (Wildman–Crippen LogP) is 1.84. The van der Waals surface area contributed by atoms with Crippen molar-refractivity contribution < 1.29 is 10.2 Å². The molecule has 0 aromatic heterocycles. The van der Waals surface area contributed by atoms with Gasteiger partial charge in [0.15, 0.2) is 0 Å². The Kier molecular flexibility index (Phi) is 2.61. The molecule has 2 rings (SSSR count). The zero-order chi connectivity index (χ0) is 9.31. The first-order chi connectivity index (χ1) is 6.26. The Morgan fingerprint density at radius 3 is 2.08 bits per heavy atom. The molecule has 0 bridgehead atoms. The Labute approximate surface area is 80.0 Å². The third-order valence-corrected chi connectivity index (χ3v) is 4.07. The highest BCUT2D eigenvalue weighted by Crippen LogP contribution is 2.48. The van der Waals surface area contributed by atoms with Gasteiger partial charge in [-0.3, -0.25) is 0 Å². The van der Waals surface area contributed by atoms with E-state index in [0.29, 0.717) is 0 Å². The minimum absolute atomic E-state index is 0.115. The summed E-state index contributed by atoms with van der Waals surface area (Å²) in [4.78, 5) is 0. The standard InChI is InChI=1S/C11H20O2/c12-9-5-2-1-3-7-11(9)8-4-6-10(11)13/h9-10,12-13H,1-8H2/t9?,10-,11-/m0/s1. The van der Waals surface area contributed by atoms with Crippen LogP contribution in [0, 0.1) is 5.41 Å². The van der Waals surface area contributed by atoms with E-state index in [4.69, 9.17) is 0 Å². The lowest BCUT2D eigenvalue weighted by Crippen LogP contribution is -2.40. The molecule has 2 fully saturated rings. The second-order valence-electron chi connectivity index (χ2n) is 4.76. The maximum Gasteiger partial charge on any atom is 0.0621 e. The maximum atomic E-state index is 10.0. The van der Waals surface area contributed by atoms with E-state index in [9.17, 15) is 10.2 Å². The monoisotopic (exact) mass is 184 g/mol. The summed E-state index contributed by atoms with van der Waals surface area (Å²) in [6.07, 6.45) is 8.04. The van der Waals surface area contributed by atoms with Gasteiger partial charge >= 0.3 is 0 Å². The molecule has 0 aliphatic heterocycles. The molecule has 2 saturated carbocycles. The van der Waals surface area contributed by atoms with Crippen molar-refractivity contribution in [3.05, 3.63) is 0 Å². The highest BCUT2D eigenvalue weighted by molar-refractivity contribution is 4.98. The molecule has 1 spiro atoms. The zero-order valence-electron chi connectivity index (χ0n) is 8.21. The number of rotatable bonds is 0. The molecule has 0 aromatic rings. The molecule has 2 aliphatic rings. The van der Waals surface area contributed by atoms with Gasteiger partial charge in [-0.15, -0.1) is 0 Å². The Morgan fingerprint density at radius 2 is 1.38 bits per heavy atom. The van der Waals surface area contributed by atoms with Crippen LogP contribution >= 0.6 is 0 Å². The third kappa shape index (κ3) is 1.50. The second kappa shape index (κ2) is 3.58. The van der Waals surface area contributed by atoms with Gasteiger partial charge in [0, 0.05) is 5.41 Å². The number of aliphatic hydroxyl groups is 2. The summed E-state index contributed by atoms with van der Waals surface area (Å²) in [6.45, 7) is 0. The molecule has 0 aromatic carbocycles. The normalized spacial score (nSPS) is 46.6. The molecule has 0 radical (unpaired) electrons. The smallest absolute Gasteiger partial charge is 0.0621 e. The maximum absolute atomic E-state index is 10.0. The van der Waals surface area contributed by atoms with Crippen LogP contribution in [0.3, 0.4) is 0 Å². The first-order valence-electron chi connectivity index (χ1n) is 5.62. The van der Waals surface area contributed by atoms with Crippen LogP contribution in [0.4, 0.5) is 0 Å². The van der Waals surface area contributed by atoms with E-state index < -0.39 is 0 Å². The molecule has 2 N–H and O–H groups in total. The molecule has 1 unspecified atom stereocenters. The molecular weight excluding hydrogens is 164 g/mol. The van der Waals surface area contributed by atoms with Crippen molar-refractivity contribution in [2.45, 2.75) is 63.6 Å². The fraction of sp³-hybridized carbons (Fsp3) is 1.00. The summed E-state index contributed by atoms with van der Waals surface area (Å²) in [5.41, 5.74) is -0.115. The van der Waals surface area contributed by atoms with E-state index >= 15 is 0 Å².